The molecule has 40 heavy (non-hydrogen) atoms. The number of sulfone groups is 1. The van der Waals surface area contributed by atoms with Crippen molar-refractivity contribution >= 4 is 9.84 Å². The number of aromatic nitrogens is 3. The van der Waals surface area contributed by atoms with Gasteiger partial charge >= 0.3 is 0 Å². The molecule has 0 radical (unpaired) electrons. The van der Waals surface area contributed by atoms with Crippen molar-refractivity contribution < 1.29 is 13.5 Å². The highest BCUT2D eigenvalue weighted by Gasteiger charge is 2.41. The molecule has 1 saturated heterocycles. The zero-order valence-electron chi connectivity index (χ0n) is 23.7. The average molecular weight is 564 g/mol. The first-order valence-electron chi connectivity index (χ1n) is 14.8. The van der Waals surface area contributed by atoms with Crippen molar-refractivity contribution in [2.45, 2.75) is 94.0 Å². The Morgan fingerprint density at radius 2 is 1.60 bits per heavy atom. The molecule has 1 aliphatic heterocycles. The Hall–Kier alpha value is -2.59. The molecule has 214 valence electrons. The van der Waals surface area contributed by atoms with Crippen molar-refractivity contribution in [2.24, 2.45) is 0 Å². The van der Waals surface area contributed by atoms with Crippen molar-refractivity contribution in [3.63, 3.8) is 0 Å². The summed E-state index contributed by atoms with van der Waals surface area (Å²) in [7, 11) is -3.23. The Morgan fingerprint density at radius 1 is 0.950 bits per heavy atom. The summed E-state index contributed by atoms with van der Waals surface area (Å²) < 4.78 is 26.5. The van der Waals surface area contributed by atoms with E-state index in [2.05, 4.69) is 53.0 Å². The van der Waals surface area contributed by atoms with Crippen LogP contribution in [0.4, 0.5) is 0 Å². The Kier molecular flexibility index (Phi) is 7.59. The number of pyridine rings is 1. The predicted molar refractivity (Wildman–Crippen MR) is 155 cm³/mol. The van der Waals surface area contributed by atoms with Crippen LogP contribution >= 0.6 is 0 Å². The van der Waals surface area contributed by atoms with Gasteiger partial charge in [-0.05, 0) is 75.4 Å². The minimum absolute atomic E-state index is 0.0802. The lowest BCUT2D eigenvalue weighted by molar-refractivity contribution is -0.0103. The SMILES string of the molecule is CCS(=O)(=O)c1ccc(CNC(O)N2CC(c3cccc(C4CC4)n3)C(c3cc(C4CC4)nn3C(C)C)C2)cc1. The maximum atomic E-state index is 12.1. The predicted octanol–water partition coefficient (Wildman–Crippen LogP) is 4.66. The van der Waals surface area contributed by atoms with Crippen LogP contribution in [-0.2, 0) is 16.4 Å². The van der Waals surface area contributed by atoms with Crippen LogP contribution in [0.1, 0.15) is 105 Å². The fourth-order valence-electron chi connectivity index (χ4n) is 5.93. The van der Waals surface area contributed by atoms with Gasteiger partial charge in [-0.3, -0.25) is 19.9 Å². The van der Waals surface area contributed by atoms with Crippen molar-refractivity contribution in [2.75, 3.05) is 18.8 Å². The molecule has 6 rings (SSSR count). The van der Waals surface area contributed by atoms with Crippen molar-refractivity contribution in [3.05, 3.63) is 76.9 Å². The van der Waals surface area contributed by atoms with Crippen LogP contribution in [0.2, 0.25) is 0 Å². The maximum absolute atomic E-state index is 12.1. The van der Waals surface area contributed by atoms with E-state index in [1.165, 1.54) is 42.8 Å². The third-order valence-corrected chi connectivity index (χ3v) is 10.4. The highest BCUT2D eigenvalue weighted by atomic mass is 32.2. The van der Waals surface area contributed by atoms with E-state index >= 15 is 0 Å². The van der Waals surface area contributed by atoms with Crippen LogP contribution < -0.4 is 5.32 Å². The van der Waals surface area contributed by atoms with E-state index in [1.807, 2.05) is 12.1 Å². The summed E-state index contributed by atoms with van der Waals surface area (Å²) in [6.45, 7) is 7.85. The zero-order valence-corrected chi connectivity index (χ0v) is 24.5. The molecule has 9 heteroatoms. The number of benzene rings is 1. The fraction of sp³-hybridized carbons (Fsp3) is 0.548. The second kappa shape index (κ2) is 11.0. The molecule has 3 aliphatic rings. The van der Waals surface area contributed by atoms with Crippen LogP contribution in [-0.4, -0.2) is 58.4 Å². The maximum Gasteiger partial charge on any atom is 0.178 e. The van der Waals surface area contributed by atoms with Gasteiger partial charge in [0.05, 0.1) is 16.3 Å². The van der Waals surface area contributed by atoms with E-state index in [0.29, 0.717) is 36.4 Å². The second-order valence-electron chi connectivity index (χ2n) is 12.0. The number of aliphatic hydroxyl groups is 1. The minimum Gasteiger partial charge on any atom is -0.365 e. The molecule has 3 aromatic rings. The highest BCUT2D eigenvalue weighted by molar-refractivity contribution is 7.91. The summed E-state index contributed by atoms with van der Waals surface area (Å²) in [5, 5.41) is 19.6. The number of aliphatic hydroxyl groups excluding tert-OH is 1. The largest absolute Gasteiger partial charge is 0.365 e. The first kappa shape index (κ1) is 27.6. The summed E-state index contributed by atoms with van der Waals surface area (Å²) in [4.78, 5) is 7.57. The third kappa shape index (κ3) is 5.75. The van der Waals surface area contributed by atoms with Crippen LogP contribution in [0.5, 0.6) is 0 Å². The number of rotatable bonds is 11. The van der Waals surface area contributed by atoms with E-state index in [4.69, 9.17) is 10.1 Å². The van der Waals surface area contributed by atoms with Crippen LogP contribution in [0.3, 0.4) is 0 Å². The number of hydrogen-bond acceptors (Lipinski definition) is 7. The first-order chi connectivity index (χ1) is 19.2. The Labute approximate surface area is 237 Å². The lowest BCUT2D eigenvalue weighted by Gasteiger charge is -2.24. The van der Waals surface area contributed by atoms with Gasteiger partial charge in [0.25, 0.3) is 0 Å². The molecule has 1 aromatic carbocycles. The molecule has 3 unspecified atom stereocenters. The van der Waals surface area contributed by atoms with Crippen LogP contribution in [0.15, 0.2) is 53.4 Å². The van der Waals surface area contributed by atoms with E-state index in [-0.39, 0.29) is 23.6 Å². The molecule has 0 bridgehead atoms. The Balaban J connectivity index is 1.23. The molecule has 0 amide bonds. The number of likely N-dealkylation sites (tertiary alicyclic amines) is 1. The monoisotopic (exact) mass is 563 g/mol. The zero-order chi connectivity index (χ0) is 28.0. The van der Waals surface area contributed by atoms with Gasteiger partial charge in [-0.1, -0.05) is 25.1 Å². The Morgan fingerprint density at radius 3 is 2.25 bits per heavy atom. The average Bonchev–Trinajstić information content (AvgIpc) is 3.90. The molecule has 2 saturated carbocycles. The standard InChI is InChI=1S/C31H41N5O3S/c1-4-40(38,39)24-14-8-21(9-15-24)17-32-31(37)35-18-25(28-7-5-6-27(33-28)22-10-11-22)26(19-35)30-16-29(23-12-13-23)34-36(30)20(2)3/h5-9,14-16,20,22-23,25-26,31-32,37H,4,10-13,17-19H2,1-3H3. The molecule has 3 fully saturated rings. The summed E-state index contributed by atoms with van der Waals surface area (Å²) in [6.07, 6.45) is 4.03. The van der Waals surface area contributed by atoms with E-state index in [9.17, 15) is 13.5 Å². The van der Waals surface area contributed by atoms with Gasteiger partial charge < -0.3 is 5.11 Å². The van der Waals surface area contributed by atoms with Crippen LogP contribution in [0.25, 0.3) is 0 Å². The summed E-state index contributed by atoms with van der Waals surface area (Å²) in [5.74, 6) is 1.56. The summed E-state index contributed by atoms with van der Waals surface area (Å²) >= 11 is 0. The molecular weight excluding hydrogens is 522 g/mol. The first-order valence-corrected chi connectivity index (χ1v) is 16.4. The fourth-order valence-corrected chi connectivity index (χ4v) is 6.82. The minimum atomic E-state index is -3.23. The number of hydrogen-bond donors (Lipinski definition) is 2. The summed E-state index contributed by atoms with van der Waals surface area (Å²) in [5.41, 5.74) is 5.65. The van der Waals surface area contributed by atoms with Gasteiger partial charge in [-0.15, -0.1) is 0 Å². The molecule has 3 atom stereocenters. The van der Waals surface area contributed by atoms with Gasteiger partial charge in [-0.2, -0.15) is 5.10 Å². The third-order valence-electron chi connectivity index (χ3n) is 8.66. The highest BCUT2D eigenvalue weighted by Crippen LogP contribution is 2.45. The van der Waals surface area contributed by atoms with Crippen molar-refractivity contribution in [1.82, 2.24) is 25.0 Å². The van der Waals surface area contributed by atoms with Crippen LogP contribution in [0, 0.1) is 0 Å². The molecule has 2 aliphatic carbocycles. The normalized spacial score (nSPS) is 22.7. The number of nitrogens with one attached hydrogen (secondary N) is 1. The summed E-state index contributed by atoms with van der Waals surface area (Å²) in [6, 6.07) is 15.9. The number of nitrogens with zero attached hydrogens (tertiary/aromatic N) is 4. The molecular formula is C31H41N5O3S. The van der Waals surface area contributed by atoms with Gasteiger partial charge in [0, 0.05) is 66.4 Å². The molecule has 3 heterocycles. The molecule has 2 aromatic heterocycles. The van der Waals surface area contributed by atoms with Crippen molar-refractivity contribution in [1.29, 1.82) is 0 Å². The molecule has 0 spiro atoms. The lowest BCUT2D eigenvalue weighted by atomic mass is 9.89. The quantitative estimate of drug-likeness (QED) is 0.328. The van der Waals surface area contributed by atoms with E-state index in [0.717, 1.165) is 11.3 Å². The molecule has 8 nitrogen and oxygen atoms in total. The van der Waals surface area contributed by atoms with Gasteiger partial charge in [-0.25, -0.2) is 8.42 Å². The van der Waals surface area contributed by atoms with Gasteiger partial charge in [0.15, 0.2) is 16.2 Å². The van der Waals surface area contributed by atoms with E-state index in [1.54, 1.807) is 19.1 Å². The topological polar surface area (TPSA) is 100 Å². The smallest absolute Gasteiger partial charge is 0.178 e. The Bertz CT molecular complexity index is 1440. The van der Waals surface area contributed by atoms with Crippen molar-refractivity contribution in [3.8, 4) is 0 Å². The van der Waals surface area contributed by atoms with Gasteiger partial charge in [0.1, 0.15) is 0 Å². The van der Waals surface area contributed by atoms with Gasteiger partial charge in [0.2, 0.25) is 0 Å². The lowest BCUT2D eigenvalue weighted by Crippen LogP contribution is -2.44. The van der Waals surface area contributed by atoms with E-state index < -0.39 is 16.2 Å². The second-order valence-corrected chi connectivity index (χ2v) is 14.3. The molecule has 2 N–H and O–H groups in total.